The SMILES string of the molecule is CNCCOCCOCCNC(=O)CN(C)CC(=O)NCCOCCOCCNS(=O)(=O)c1ccc(C2CN(C)Cc3c(Cl)cc(Cl)cc32)cc1. The van der Waals surface area contributed by atoms with Crippen LogP contribution in [0.5, 0.6) is 0 Å². The van der Waals surface area contributed by atoms with Crippen LogP contribution in [0.2, 0.25) is 10.0 Å². The van der Waals surface area contributed by atoms with Crippen molar-refractivity contribution in [2.45, 2.75) is 17.4 Å². The zero-order valence-corrected chi connectivity index (χ0v) is 32.0. The Morgan fingerprint density at radius 3 is 1.90 bits per heavy atom. The number of ether oxygens (including phenoxy) is 4. The van der Waals surface area contributed by atoms with Crippen LogP contribution in [0.25, 0.3) is 0 Å². The van der Waals surface area contributed by atoms with Gasteiger partial charge in [-0.15, -0.1) is 0 Å². The number of likely N-dealkylation sites (N-methyl/N-ethyl adjacent to an activating group) is 3. The van der Waals surface area contributed by atoms with Gasteiger partial charge in [-0.05, 0) is 62.1 Å². The van der Waals surface area contributed by atoms with E-state index in [0.29, 0.717) is 49.6 Å². The van der Waals surface area contributed by atoms with Crippen molar-refractivity contribution in [3.8, 4) is 0 Å². The molecule has 1 unspecified atom stereocenters. The van der Waals surface area contributed by atoms with Crippen molar-refractivity contribution in [3.63, 3.8) is 0 Å². The molecule has 1 atom stereocenters. The molecule has 0 spiro atoms. The van der Waals surface area contributed by atoms with Crippen molar-refractivity contribution in [2.75, 3.05) is 120 Å². The third-order valence-corrected chi connectivity index (χ3v) is 9.86. The van der Waals surface area contributed by atoms with Crippen LogP contribution >= 0.6 is 23.2 Å². The van der Waals surface area contributed by atoms with E-state index < -0.39 is 10.0 Å². The molecular formula is C34H52Cl2N6O8S. The summed E-state index contributed by atoms with van der Waals surface area (Å²) >= 11 is 12.8. The lowest BCUT2D eigenvalue weighted by Gasteiger charge is -2.33. The molecule has 0 fully saturated rings. The van der Waals surface area contributed by atoms with Crippen molar-refractivity contribution in [2.24, 2.45) is 0 Å². The van der Waals surface area contributed by atoms with Crippen molar-refractivity contribution < 1.29 is 37.0 Å². The summed E-state index contributed by atoms with van der Waals surface area (Å²) in [6, 6.07) is 10.5. The van der Waals surface area contributed by atoms with Crippen LogP contribution in [0.1, 0.15) is 22.6 Å². The maximum absolute atomic E-state index is 12.8. The Bertz CT molecular complexity index is 1470. The average Bonchev–Trinajstić information content (AvgIpc) is 3.08. The van der Waals surface area contributed by atoms with Crippen molar-refractivity contribution >= 4 is 45.0 Å². The van der Waals surface area contributed by atoms with Gasteiger partial charge in [0, 0.05) is 55.2 Å². The maximum atomic E-state index is 12.8. The van der Waals surface area contributed by atoms with Crippen molar-refractivity contribution in [1.29, 1.82) is 0 Å². The smallest absolute Gasteiger partial charge is 0.240 e. The molecule has 0 saturated carbocycles. The van der Waals surface area contributed by atoms with Gasteiger partial charge in [-0.2, -0.15) is 0 Å². The van der Waals surface area contributed by atoms with Crippen molar-refractivity contribution in [3.05, 3.63) is 63.1 Å². The fourth-order valence-electron chi connectivity index (χ4n) is 5.34. The second kappa shape index (κ2) is 23.3. The average molecular weight is 776 g/mol. The first-order valence-electron chi connectivity index (χ1n) is 16.9. The van der Waals surface area contributed by atoms with Crippen LogP contribution < -0.4 is 20.7 Å². The van der Waals surface area contributed by atoms with E-state index in [-0.39, 0.29) is 68.7 Å². The van der Waals surface area contributed by atoms with Gasteiger partial charge in [0.05, 0.1) is 70.8 Å². The number of nitrogens with one attached hydrogen (secondary N) is 4. The first-order valence-corrected chi connectivity index (χ1v) is 19.2. The van der Waals surface area contributed by atoms with Gasteiger partial charge in [-0.25, -0.2) is 13.1 Å². The minimum absolute atomic E-state index is 0.0135. The predicted octanol–water partition coefficient (Wildman–Crippen LogP) is 1.30. The number of fused-ring (bicyclic) bond motifs is 1. The zero-order valence-electron chi connectivity index (χ0n) is 29.7. The molecule has 286 valence electrons. The van der Waals surface area contributed by atoms with Crippen LogP contribution in [0.4, 0.5) is 0 Å². The first kappa shape index (κ1) is 43.0. The third-order valence-electron chi connectivity index (χ3n) is 7.83. The minimum Gasteiger partial charge on any atom is -0.378 e. The van der Waals surface area contributed by atoms with Gasteiger partial charge in [-0.1, -0.05) is 35.3 Å². The summed E-state index contributed by atoms with van der Waals surface area (Å²) in [5, 5.41) is 9.69. The van der Waals surface area contributed by atoms with Gasteiger partial charge in [0.2, 0.25) is 21.8 Å². The summed E-state index contributed by atoms with van der Waals surface area (Å²) in [4.78, 5) is 28.2. The molecule has 0 radical (unpaired) electrons. The Morgan fingerprint density at radius 2 is 1.35 bits per heavy atom. The molecule has 0 bridgehead atoms. The van der Waals surface area contributed by atoms with E-state index in [1.807, 2.05) is 32.3 Å². The molecule has 1 aliphatic heterocycles. The zero-order chi connectivity index (χ0) is 37.1. The molecule has 1 aliphatic rings. The molecule has 14 nitrogen and oxygen atoms in total. The van der Waals surface area contributed by atoms with E-state index in [4.69, 9.17) is 42.1 Å². The Hall–Kier alpha value is -2.41. The van der Waals surface area contributed by atoms with Crippen LogP contribution in [0.15, 0.2) is 41.3 Å². The molecule has 3 rings (SSSR count). The highest BCUT2D eigenvalue weighted by Crippen LogP contribution is 2.38. The number of amides is 2. The normalized spacial score (nSPS) is 14.8. The van der Waals surface area contributed by atoms with E-state index in [2.05, 4.69) is 25.6 Å². The standard InChI is InChI=1S/C34H52Cl2N6O8S/c1-37-8-12-47-16-17-48-13-9-38-33(43)24-42(3)25-34(44)39-10-14-49-18-19-50-15-11-40-51(45,46)28-6-4-26(5-7-28)30-22-41(2)23-31-29(30)20-27(35)21-32(31)36/h4-7,20-21,30,37,40H,8-19,22-25H2,1-3H3,(H,38,43)(H,39,44). The van der Waals surface area contributed by atoms with E-state index in [1.54, 1.807) is 30.1 Å². The van der Waals surface area contributed by atoms with E-state index in [1.165, 1.54) is 0 Å². The maximum Gasteiger partial charge on any atom is 0.240 e. The fourth-order valence-corrected chi connectivity index (χ4v) is 6.92. The molecule has 0 aromatic heterocycles. The summed E-state index contributed by atoms with van der Waals surface area (Å²) in [6.45, 7) is 6.16. The summed E-state index contributed by atoms with van der Waals surface area (Å²) in [6.07, 6.45) is 0. The van der Waals surface area contributed by atoms with Gasteiger partial charge in [0.25, 0.3) is 0 Å². The van der Waals surface area contributed by atoms with Gasteiger partial charge in [0.15, 0.2) is 0 Å². The summed E-state index contributed by atoms with van der Waals surface area (Å²) in [7, 11) is 1.85. The molecule has 51 heavy (non-hydrogen) atoms. The van der Waals surface area contributed by atoms with Gasteiger partial charge in [-0.3, -0.25) is 14.5 Å². The van der Waals surface area contributed by atoms with Gasteiger partial charge >= 0.3 is 0 Å². The Kier molecular flexibility index (Phi) is 19.6. The molecule has 1 heterocycles. The topological polar surface area (TPSA) is 160 Å². The number of carbonyl (C=O) groups excluding carboxylic acids is 2. The van der Waals surface area contributed by atoms with Crippen LogP contribution in [-0.4, -0.2) is 150 Å². The summed E-state index contributed by atoms with van der Waals surface area (Å²) in [5.41, 5.74) is 3.07. The van der Waals surface area contributed by atoms with Crippen LogP contribution in [0, 0.1) is 0 Å². The molecule has 0 saturated heterocycles. The number of halogens is 2. The minimum atomic E-state index is -3.72. The second-order valence-corrected chi connectivity index (χ2v) is 14.7. The highest BCUT2D eigenvalue weighted by Gasteiger charge is 2.27. The predicted molar refractivity (Wildman–Crippen MR) is 197 cm³/mol. The lowest BCUT2D eigenvalue weighted by atomic mass is 9.85. The van der Waals surface area contributed by atoms with E-state index in [0.717, 1.165) is 36.3 Å². The van der Waals surface area contributed by atoms with Gasteiger partial charge in [0.1, 0.15) is 0 Å². The van der Waals surface area contributed by atoms with Crippen molar-refractivity contribution in [1.82, 2.24) is 30.5 Å². The molecule has 2 aromatic carbocycles. The number of benzene rings is 2. The highest BCUT2D eigenvalue weighted by molar-refractivity contribution is 7.89. The lowest BCUT2D eigenvalue weighted by molar-refractivity contribution is -0.124. The number of nitrogens with zero attached hydrogens (tertiary/aromatic N) is 2. The summed E-state index contributed by atoms with van der Waals surface area (Å²) < 4.78 is 50.0. The monoisotopic (exact) mass is 774 g/mol. The number of sulfonamides is 1. The lowest BCUT2D eigenvalue weighted by Crippen LogP contribution is -2.42. The number of rotatable bonds is 25. The molecule has 2 aromatic rings. The second-order valence-electron chi connectivity index (χ2n) is 12.1. The van der Waals surface area contributed by atoms with E-state index >= 15 is 0 Å². The Labute approximate surface area is 311 Å². The Morgan fingerprint density at radius 1 is 0.824 bits per heavy atom. The number of hydrogen-bond acceptors (Lipinski definition) is 11. The molecule has 2 amide bonds. The third kappa shape index (κ3) is 16.0. The molecule has 4 N–H and O–H groups in total. The molecule has 0 aliphatic carbocycles. The first-order chi connectivity index (χ1) is 24.5. The van der Waals surface area contributed by atoms with Crippen LogP contribution in [0.3, 0.4) is 0 Å². The summed E-state index contributed by atoms with van der Waals surface area (Å²) in [5.74, 6) is -0.410. The largest absolute Gasteiger partial charge is 0.378 e. The Balaban J connectivity index is 1.21. The van der Waals surface area contributed by atoms with Crippen LogP contribution in [-0.2, 0) is 45.1 Å². The highest BCUT2D eigenvalue weighted by atomic mass is 35.5. The fraction of sp³-hybridized carbons (Fsp3) is 0.588. The van der Waals surface area contributed by atoms with Gasteiger partial charge < -0.3 is 39.8 Å². The quantitative estimate of drug-likeness (QED) is 0.108. The number of carbonyl (C=O) groups is 2. The van der Waals surface area contributed by atoms with E-state index in [9.17, 15) is 18.0 Å². The molecular weight excluding hydrogens is 723 g/mol. The molecule has 17 heteroatoms. The number of hydrogen-bond donors (Lipinski definition) is 4.